The predicted molar refractivity (Wildman–Crippen MR) is 114 cm³/mol. The van der Waals surface area contributed by atoms with Gasteiger partial charge in [0, 0.05) is 11.0 Å². The largest absolute Gasteiger partial charge is 0.494 e. The highest BCUT2D eigenvalue weighted by Gasteiger charge is 2.13. The van der Waals surface area contributed by atoms with Gasteiger partial charge in [0.15, 0.2) is 0 Å². The van der Waals surface area contributed by atoms with Gasteiger partial charge >= 0.3 is 11.4 Å². The van der Waals surface area contributed by atoms with Crippen LogP contribution in [0.2, 0.25) is 0 Å². The molecule has 0 fully saturated rings. The fourth-order valence-corrected chi connectivity index (χ4v) is 3.38. The first-order valence-electron chi connectivity index (χ1n) is 9.32. The summed E-state index contributed by atoms with van der Waals surface area (Å²) >= 11 is 3.34. The van der Waals surface area contributed by atoms with Crippen LogP contribution in [0.5, 0.6) is 5.75 Å². The Bertz CT molecular complexity index is 1070. The van der Waals surface area contributed by atoms with E-state index < -0.39 is 11.4 Å². The van der Waals surface area contributed by atoms with Crippen LogP contribution in [0.3, 0.4) is 0 Å². The van der Waals surface area contributed by atoms with Crippen LogP contribution in [0.25, 0.3) is 10.9 Å². The molecule has 5 nitrogen and oxygen atoms in total. The van der Waals surface area contributed by atoms with Crippen LogP contribution < -0.4 is 16.1 Å². The Labute approximate surface area is 172 Å². The summed E-state index contributed by atoms with van der Waals surface area (Å²) in [5.41, 5.74) is 1.36. The molecule has 0 amide bonds. The van der Waals surface area contributed by atoms with E-state index in [2.05, 4.69) is 48.8 Å². The number of nitrogens with zero attached hydrogens (tertiary/aromatic N) is 1. The molecule has 1 heterocycles. The minimum absolute atomic E-state index is 0.120. The first kappa shape index (κ1) is 20.4. The van der Waals surface area contributed by atoms with E-state index in [-0.39, 0.29) is 5.41 Å². The Morgan fingerprint density at radius 3 is 2.43 bits per heavy atom. The van der Waals surface area contributed by atoms with Gasteiger partial charge in [-0.15, -0.1) is 0 Å². The maximum atomic E-state index is 12.1. The van der Waals surface area contributed by atoms with E-state index in [1.54, 1.807) is 12.1 Å². The van der Waals surface area contributed by atoms with Crippen molar-refractivity contribution in [3.8, 4) is 5.75 Å². The Hall–Kier alpha value is -2.34. The van der Waals surface area contributed by atoms with Gasteiger partial charge < -0.3 is 9.15 Å². The molecule has 0 bridgehead atoms. The summed E-state index contributed by atoms with van der Waals surface area (Å²) in [6.07, 6.45) is 1.52. The van der Waals surface area contributed by atoms with Gasteiger partial charge in [0.1, 0.15) is 5.75 Å². The molecular formula is C22H24BrNO4. The van der Waals surface area contributed by atoms with Gasteiger partial charge in [0.25, 0.3) is 0 Å². The lowest BCUT2D eigenvalue weighted by atomic mass is 9.87. The quantitative estimate of drug-likeness (QED) is 0.507. The second kappa shape index (κ2) is 8.35. The van der Waals surface area contributed by atoms with Crippen LogP contribution >= 0.6 is 15.9 Å². The molecule has 2 aromatic carbocycles. The minimum atomic E-state index is -0.626. The van der Waals surface area contributed by atoms with Crippen LogP contribution in [0.4, 0.5) is 0 Å². The number of unbranched alkanes of at least 4 members (excludes halogenated alkanes) is 1. The van der Waals surface area contributed by atoms with Crippen LogP contribution in [-0.2, 0) is 12.0 Å². The number of hydrogen-bond donors (Lipinski definition) is 0. The van der Waals surface area contributed by atoms with Crippen molar-refractivity contribution < 1.29 is 9.15 Å². The molecule has 0 saturated heterocycles. The lowest BCUT2D eigenvalue weighted by Gasteiger charge is -2.19. The van der Waals surface area contributed by atoms with E-state index in [9.17, 15) is 9.59 Å². The molecule has 28 heavy (non-hydrogen) atoms. The smallest absolute Gasteiger partial charge is 0.422 e. The molecular weight excluding hydrogens is 422 g/mol. The number of rotatable bonds is 6. The molecule has 0 N–H and O–H groups in total. The molecule has 0 atom stereocenters. The van der Waals surface area contributed by atoms with Crippen molar-refractivity contribution in [1.82, 2.24) is 4.57 Å². The number of benzene rings is 2. The van der Waals surface area contributed by atoms with Crippen LogP contribution in [0, 0.1) is 0 Å². The maximum absolute atomic E-state index is 12.1. The second-order valence-electron chi connectivity index (χ2n) is 7.80. The zero-order valence-electron chi connectivity index (χ0n) is 16.3. The fraction of sp³-hybridized carbons (Fsp3) is 0.364. The van der Waals surface area contributed by atoms with Gasteiger partial charge in [0.2, 0.25) is 0 Å². The molecule has 1 aromatic heterocycles. The van der Waals surface area contributed by atoms with E-state index in [0.29, 0.717) is 24.1 Å². The van der Waals surface area contributed by atoms with Gasteiger partial charge in [-0.3, -0.25) is 4.57 Å². The van der Waals surface area contributed by atoms with E-state index in [4.69, 9.17) is 9.15 Å². The highest BCUT2D eigenvalue weighted by atomic mass is 79.9. The van der Waals surface area contributed by atoms with Gasteiger partial charge in [0.05, 0.1) is 17.5 Å². The van der Waals surface area contributed by atoms with Gasteiger partial charge in [-0.2, -0.15) is 0 Å². The second-order valence-corrected chi connectivity index (χ2v) is 8.71. The third kappa shape index (κ3) is 4.73. The summed E-state index contributed by atoms with van der Waals surface area (Å²) in [7, 11) is 0. The number of aromatic nitrogens is 1. The van der Waals surface area contributed by atoms with Crippen LogP contribution in [0.15, 0.2) is 60.9 Å². The Morgan fingerprint density at radius 2 is 1.75 bits per heavy atom. The average molecular weight is 446 g/mol. The molecule has 0 aliphatic carbocycles. The van der Waals surface area contributed by atoms with Crippen molar-refractivity contribution in [2.45, 2.75) is 45.6 Å². The molecule has 148 valence electrons. The first-order valence-corrected chi connectivity index (χ1v) is 10.1. The number of aryl methyl sites for hydroxylation is 1. The zero-order chi connectivity index (χ0) is 20.3. The molecule has 0 aliphatic rings. The standard InChI is InChI=1S/C22H24BrNO4/c1-22(2,3)15-6-9-17(10-7-15)27-13-5-4-12-24-19-11-8-16(23)14-18(19)20(25)28-21(24)26/h6-11,14H,4-5,12-13H2,1-3H3. The molecule has 6 heteroatoms. The Balaban J connectivity index is 1.59. The maximum Gasteiger partial charge on any atom is 0.422 e. The third-order valence-corrected chi connectivity index (χ3v) is 5.13. The number of halogens is 1. The van der Waals surface area contributed by atoms with Crippen molar-refractivity contribution in [2.75, 3.05) is 6.61 Å². The summed E-state index contributed by atoms with van der Waals surface area (Å²) in [6, 6.07) is 13.4. The zero-order valence-corrected chi connectivity index (χ0v) is 17.9. The van der Waals surface area contributed by atoms with E-state index in [1.165, 1.54) is 10.1 Å². The SMILES string of the molecule is CC(C)(C)c1ccc(OCCCCn2c(=O)oc(=O)c3cc(Br)ccc32)cc1. The van der Waals surface area contributed by atoms with Crippen molar-refractivity contribution in [1.29, 1.82) is 0 Å². The Morgan fingerprint density at radius 1 is 1.04 bits per heavy atom. The molecule has 3 rings (SSSR count). The van der Waals surface area contributed by atoms with Crippen molar-refractivity contribution in [3.05, 3.63) is 73.5 Å². The van der Waals surface area contributed by atoms with E-state index >= 15 is 0 Å². The highest BCUT2D eigenvalue weighted by Crippen LogP contribution is 2.24. The molecule has 3 aromatic rings. The normalized spacial score (nSPS) is 11.7. The summed E-state index contributed by atoms with van der Waals surface area (Å²) < 4.78 is 12.9. The van der Waals surface area contributed by atoms with E-state index in [0.717, 1.165) is 23.1 Å². The molecule has 0 unspecified atom stereocenters. The number of fused-ring (bicyclic) bond motifs is 1. The van der Waals surface area contributed by atoms with E-state index in [1.807, 2.05) is 18.2 Å². The van der Waals surface area contributed by atoms with Crippen molar-refractivity contribution >= 4 is 26.8 Å². The highest BCUT2D eigenvalue weighted by molar-refractivity contribution is 9.10. The van der Waals surface area contributed by atoms with Crippen molar-refractivity contribution in [3.63, 3.8) is 0 Å². The molecule has 0 radical (unpaired) electrons. The lowest BCUT2D eigenvalue weighted by Crippen LogP contribution is -2.25. The number of hydrogen-bond acceptors (Lipinski definition) is 4. The van der Waals surface area contributed by atoms with Gasteiger partial charge in [-0.05, 0) is 54.2 Å². The fourth-order valence-electron chi connectivity index (χ4n) is 3.02. The molecule has 0 spiro atoms. The van der Waals surface area contributed by atoms with Crippen LogP contribution in [0.1, 0.15) is 39.2 Å². The lowest BCUT2D eigenvalue weighted by molar-refractivity contribution is 0.300. The first-order chi connectivity index (χ1) is 13.3. The minimum Gasteiger partial charge on any atom is -0.494 e. The average Bonchev–Trinajstić information content (AvgIpc) is 2.64. The number of ether oxygens (including phenoxy) is 1. The molecule has 0 saturated carbocycles. The summed E-state index contributed by atoms with van der Waals surface area (Å²) in [5.74, 6) is 0.213. The topological polar surface area (TPSA) is 61.4 Å². The Kier molecular flexibility index (Phi) is 6.08. The van der Waals surface area contributed by atoms with Gasteiger partial charge in [-0.1, -0.05) is 48.8 Å². The predicted octanol–water partition coefficient (Wildman–Crippen LogP) is 4.87. The summed E-state index contributed by atoms with van der Waals surface area (Å²) in [5, 5.41) is 0.393. The van der Waals surface area contributed by atoms with Crippen molar-refractivity contribution in [2.24, 2.45) is 0 Å². The third-order valence-electron chi connectivity index (χ3n) is 4.63. The van der Waals surface area contributed by atoms with Gasteiger partial charge in [-0.25, -0.2) is 9.59 Å². The monoisotopic (exact) mass is 445 g/mol. The van der Waals surface area contributed by atoms with Crippen LogP contribution in [-0.4, -0.2) is 11.2 Å². The summed E-state index contributed by atoms with van der Waals surface area (Å²) in [4.78, 5) is 24.0. The molecule has 0 aliphatic heterocycles. The summed E-state index contributed by atoms with van der Waals surface area (Å²) in [6.45, 7) is 7.56.